The fourth-order valence-corrected chi connectivity index (χ4v) is 3.17. The smallest absolute Gasteiger partial charge is 0.322 e. The van der Waals surface area contributed by atoms with E-state index < -0.39 is 0 Å². The molecule has 0 aliphatic rings. The van der Waals surface area contributed by atoms with Gasteiger partial charge < -0.3 is 13.6 Å². The Morgan fingerprint density at radius 2 is 1.74 bits per heavy atom. The van der Waals surface area contributed by atoms with Crippen molar-refractivity contribution in [3.63, 3.8) is 0 Å². The van der Waals surface area contributed by atoms with Crippen molar-refractivity contribution in [2.75, 3.05) is 0 Å². The van der Waals surface area contributed by atoms with Gasteiger partial charge in [0.2, 0.25) is 16.9 Å². The van der Waals surface area contributed by atoms with Crippen molar-refractivity contribution in [3.8, 4) is 23.3 Å². The highest BCUT2D eigenvalue weighted by atomic mass is 16.5. The molecule has 4 aromatic rings. The molecule has 0 atom stereocenters. The first-order valence-electron chi connectivity index (χ1n) is 8.54. The van der Waals surface area contributed by atoms with E-state index in [2.05, 4.69) is 9.97 Å². The molecule has 0 bridgehead atoms. The molecule has 3 heterocycles. The standard InChI is InChI=1S/C21H18N2O4/c1-11-8-12(2)17-16(9-11)26-19(15-6-5-7-25-15)20(18(17)24)27-21-22-13(3)10-14(4)23-21/h5-10H,1-4H3. The molecule has 27 heavy (non-hydrogen) atoms. The van der Waals surface area contributed by atoms with E-state index in [9.17, 15) is 4.79 Å². The Balaban J connectivity index is 2.01. The lowest BCUT2D eigenvalue weighted by molar-refractivity contribution is 0.415. The van der Waals surface area contributed by atoms with E-state index in [0.717, 1.165) is 22.5 Å². The first-order valence-corrected chi connectivity index (χ1v) is 8.54. The van der Waals surface area contributed by atoms with Crippen molar-refractivity contribution in [1.82, 2.24) is 9.97 Å². The van der Waals surface area contributed by atoms with Gasteiger partial charge >= 0.3 is 6.01 Å². The van der Waals surface area contributed by atoms with Gasteiger partial charge in [-0.05, 0) is 63.1 Å². The van der Waals surface area contributed by atoms with Gasteiger partial charge in [0, 0.05) is 11.4 Å². The Morgan fingerprint density at radius 1 is 1.00 bits per heavy atom. The molecule has 0 spiro atoms. The summed E-state index contributed by atoms with van der Waals surface area (Å²) in [5.74, 6) is 0.618. The minimum Gasteiger partial charge on any atom is -0.461 e. The number of fused-ring (bicyclic) bond motifs is 1. The maximum atomic E-state index is 13.3. The fourth-order valence-electron chi connectivity index (χ4n) is 3.17. The number of aromatic nitrogens is 2. The predicted octanol–water partition coefficient (Wildman–Crippen LogP) is 4.87. The summed E-state index contributed by atoms with van der Waals surface area (Å²) in [4.78, 5) is 21.8. The fraction of sp³-hybridized carbons (Fsp3) is 0.190. The van der Waals surface area contributed by atoms with Crippen LogP contribution in [0.25, 0.3) is 22.5 Å². The zero-order valence-corrected chi connectivity index (χ0v) is 15.5. The molecule has 6 heteroatoms. The van der Waals surface area contributed by atoms with Gasteiger partial charge in [0.05, 0.1) is 11.6 Å². The van der Waals surface area contributed by atoms with Gasteiger partial charge in [-0.15, -0.1) is 0 Å². The van der Waals surface area contributed by atoms with Crippen LogP contribution in [-0.4, -0.2) is 9.97 Å². The van der Waals surface area contributed by atoms with Gasteiger partial charge in [-0.2, -0.15) is 0 Å². The van der Waals surface area contributed by atoms with Gasteiger partial charge in [0.25, 0.3) is 0 Å². The lowest BCUT2D eigenvalue weighted by Crippen LogP contribution is -2.10. The number of ether oxygens (including phenoxy) is 1. The Kier molecular flexibility index (Phi) is 4.03. The summed E-state index contributed by atoms with van der Waals surface area (Å²) in [5, 5.41) is 0.468. The van der Waals surface area contributed by atoms with E-state index in [0.29, 0.717) is 16.7 Å². The number of aryl methyl sites for hydroxylation is 4. The van der Waals surface area contributed by atoms with Crippen molar-refractivity contribution >= 4 is 11.0 Å². The average molecular weight is 362 g/mol. The molecule has 0 saturated carbocycles. The Hall–Kier alpha value is -3.41. The first kappa shape index (κ1) is 17.0. The molecule has 0 amide bonds. The molecule has 3 aromatic heterocycles. The van der Waals surface area contributed by atoms with Crippen LogP contribution in [0.15, 0.2) is 50.2 Å². The van der Waals surface area contributed by atoms with E-state index >= 15 is 0 Å². The van der Waals surface area contributed by atoms with Gasteiger partial charge in [-0.3, -0.25) is 4.79 Å². The number of furan rings is 1. The second-order valence-electron chi connectivity index (χ2n) is 6.56. The molecule has 136 valence electrons. The van der Waals surface area contributed by atoms with E-state index in [1.165, 1.54) is 6.26 Å². The predicted molar refractivity (Wildman–Crippen MR) is 101 cm³/mol. The van der Waals surface area contributed by atoms with Crippen LogP contribution in [0.1, 0.15) is 22.5 Å². The second-order valence-corrected chi connectivity index (χ2v) is 6.56. The SMILES string of the molecule is Cc1cc(C)c2c(=O)c(Oc3nc(C)cc(C)n3)c(-c3ccco3)oc2c1. The first-order chi connectivity index (χ1) is 12.9. The van der Waals surface area contributed by atoms with Crippen LogP contribution in [0.3, 0.4) is 0 Å². The van der Waals surface area contributed by atoms with Gasteiger partial charge in [0.1, 0.15) is 5.58 Å². The minimum atomic E-state index is -0.289. The summed E-state index contributed by atoms with van der Waals surface area (Å²) < 4.78 is 17.3. The van der Waals surface area contributed by atoms with Crippen molar-refractivity contribution in [2.45, 2.75) is 27.7 Å². The highest BCUT2D eigenvalue weighted by Gasteiger charge is 2.22. The van der Waals surface area contributed by atoms with Crippen LogP contribution < -0.4 is 10.2 Å². The summed E-state index contributed by atoms with van der Waals surface area (Å²) in [5.41, 5.74) is 3.50. The molecular formula is C21H18N2O4. The highest BCUT2D eigenvalue weighted by molar-refractivity contribution is 5.84. The van der Waals surface area contributed by atoms with Crippen molar-refractivity contribution < 1.29 is 13.6 Å². The Labute approximate surface area is 155 Å². The maximum Gasteiger partial charge on any atom is 0.322 e. The lowest BCUT2D eigenvalue weighted by Gasteiger charge is -2.11. The monoisotopic (exact) mass is 362 g/mol. The molecule has 0 unspecified atom stereocenters. The molecule has 0 saturated heterocycles. The third kappa shape index (κ3) is 3.10. The molecule has 0 fully saturated rings. The molecule has 0 N–H and O–H groups in total. The molecule has 6 nitrogen and oxygen atoms in total. The third-order valence-electron chi connectivity index (χ3n) is 4.20. The molecule has 1 aromatic carbocycles. The topological polar surface area (TPSA) is 78.4 Å². The number of hydrogen-bond acceptors (Lipinski definition) is 6. The van der Waals surface area contributed by atoms with Crippen LogP contribution in [0.2, 0.25) is 0 Å². The molecule has 0 radical (unpaired) electrons. The van der Waals surface area contributed by atoms with Gasteiger partial charge in [-0.25, -0.2) is 9.97 Å². The van der Waals surface area contributed by atoms with Crippen LogP contribution in [0.5, 0.6) is 11.8 Å². The third-order valence-corrected chi connectivity index (χ3v) is 4.20. The van der Waals surface area contributed by atoms with Crippen molar-refractivity contribution in [1.29, 1.82) is 0 Å². The van der Waals surface area contributed by atoms with E-state index in [1.807, 2.05) is 45.9 Å². The summed E-state index contributed by atoms with van der Waals surface area (Å²) >= 11 is 0. The van der Waals surface area contributed by atoms with Crippen LogP contribution >= 0.6 is 0 Å². The Bertz CT molecular complexity index is 1190. The number of nitrogens with zero attached hydrogens (tertiary/aromatic N) is 2. The highest BCUT2D eigenvalue weighted by Crippen LogP contribution is 2.34. The molecule has 0 aliphatic heterocycles. The van der Waals surface area contributed by atoms with Gasteiger partial charge in [-0.1, -0.05) is 6.07 Å². The van der Waals surface area contributed by atoms with E-state index in [1.54, 1.807) is 12.1 Å². The van der Waals surface area contributed by atoms with E-state index in [4.69, 9.17) is 13.6 Å². The summed E-state index contributed by atoms with van der Waals surface area (Å²) in [6.45, 7) is 7.50. The quantitative estimate of drug-likeness (QED) is 0.517. The summed E-state index contributed by atoms with van der Waals surface area (Å²) in [6.07, 6.45) is 1.51. The van der Waals surface area contributed by atoms with Crippen LogP contribution in [0, 0.1) is 27.7 Å². The number of hydrogen-bond donors (Lipinski definition) is 0. The van der Waals surface area contributed by atoms with Crippen molar-refractivity contribution in [3.05, 3.63) is 69.3 Å². The normalized spacial score (nSPS) is 11.1. The molecule has 4 rings (SSSR count). The number of rotatable bonds is 3. The number of benzene rings is 1. The average Bonchev–Trinajstić information content (AvgIpc) is 3.10. The van der Waals surface area contributed by atoms with Crippen LogP contribution in [-0.2, 0) is 0 Å². The zero-order chi connectivity index (χ0) is 19.1. The second kappa shape index (κ2) is 6.39. The minimum absolute atomic E-state index is 0.00871. The van der Waals surface area contributed by atoms with Gasteiger partial charge in [0.15, 0.2) is 5.76 Å². The lowest BCUT2D eigenvalue weighted by atomic mass is 10.1. The van der Waals surface area contributed by atoms with Crippen LogP contribution in [0.4, 0.5) is 0 Å². The molecule has 0 aliphatic carbocycles. The Morgan fingerprint density at radius 3 is 2.41 bits per heavy atom. The maximum absolute atomic E-state index is 13.3. The zero-order valence-electron chi connectivity index (χ0n) is 15.5. The van der Waals surface area contributed by atoms with E-state index in [-0.39, 0.29) is 22.9 Å². The largest absolute Gasteiger partial charge is 0.461 e. The summed E-state index contributed by atoms with van der Waals surface area (Å²) in [6, 6.07) is 9.11. The summed E-state index contributed by atoms with van der Waals surface area (Å²) in [7, 11) is 0. The van der Waals surface area contributed by atoms with Crippen molar-refractivity contribution in [2.24, 2.45) is 0 Å². The molecular weight excluding hydrogens is 344 g/mol.